The summed E-state index contributed by atoms with van der Waals surface area (Å²) < 4.78 is 5.83. The summed E-state index contributed by atoms with van der Waals surface area (Å²) in [5.74, 6) is 0.630. The van der Waals surface area contributed by atoms with E-state index in [9.17, 15) is 9.90 Å². The Kier molecular flexibility index (Phi) is 5.11. The topological polar surface area (TPSA) is 75.8 Å². The summed E-state index contributed by atoms with van der Waals surface area (Å²) in [6, 6.07) is 7.96. The van der Waals surface area contributed by atoms with Gasteiger partial charge in [0.15, 0.2) is 0 Å². The van der Waals surface area contributed by atoms with E-state index in [-0.39, 0.29) is 24.4 Å². The standard InChI is InChI=1S/C19H28N2O3/c1-2-24-16-9-4-3-7-14(16)18-15-8-5-6-10-19(15,23)11-12-21(18)13-17(20)22/h3-4,7,9,15,18,23H,2,5-6,8,10-13H2,1H3,(H2,20,22)/t15?,18-,19?/m0/s1. The molecule has 5 heteroatoms. The quantitative estimate of drug-likeness (QED) is 0.867. The third-order valence-corrected chi connectivity index (χ3v) is 5.57. The summed E-state index contributed by atoms with van der Waals surface area (Å²) in [5.41, 5.74) is 5.91. The number of nitrogens with two attached hydrogens (primary N) is 1. The zero-order chi connectivity index (χ0) is 17.2. The lowest BCUT2D eigenvalue weighted by atomic mass is 9.66. The zero-order valence-corrected chi connectivity index (χ0v) is 14.4. The van der Waals surface area contributed by atoms with E-state index < -0.39 is 5.60 Å². The molecule has 0 spiro atoms. The number of likely N-dealkylation sites (tertiary alicyclic amines) is 1. The Morgan fingerprint density at radius 1 is 1.38 bits per heavy atom. The Balaban J connectivity index is 2.01. The number of fused-ring (bicyclic) bond motifs is 1. The van der Waals surface area contributed by atoms with E-state index in [4.69, 9.17) is 10.5 Å². The molecule has 2 unspecified atom stereocenters. The van der Waals surface area contributed by atoms with Crippen LogP contribution >= 0.6 is 0 Å². The number of para-hydroxylation sites is 1. The van der Waals surface area contributed by atoms with Crippen LogP contribution in [0.1, 0.15) is 50.6 Å². The highest BCUT2D eigenvalue weighted by Crippen LogP contribution is 2.50. The molecule has 1 saturated carbocycles. The van der Waals surface area contributed by atoms with Gasteiger partial charge >= 0.3 is 0 Å². The van der Waals surface area contributed by atoms with Crippen molar-refractivity contribution < 1.29 is 14.6 Å². The Morgan fingerprint density at radius 3 is 2.92 bits per heavy atom. The molecular formula is C19H28N2O3. The first-order chi connectivity index (χ1) is 11.5. The van der Waals surface area contributed by atoms with Gasteiger partial charge in [-0.25, -0.2) is 0 Å². The highest BCUT2D eigenvalue weighted by atomic mass is 16.5. The lowest BCUT2D eigenvalue weighted by Gasteiger charge is -2.52. The van der Waals surface area contributed by atoms with E-state index >= 15 is 0 Å². The van der Waals surface area contributed by atoms with Gasteiger partial charge in [0.1, 0.15) is 5.75 Å². The number of benzene rings is 1. The number of amides is 1. The predicted molar refractivity (Wildman–Crippen MR) is 92.6 cm³/mol. The number of primary amides is 1. The Labute approximate surface area is 143 Å². The SMILES string of the molecule is CCOc1ccccc1[C@H]1C2CCCCC2(O)CCN1CC(N)=O. The van der Waals surface area contributed by atoms with Gasteiger partial charge in [0.05, 0.1) is 18.8 Å². The van der Waals surface area contributed by atoms with Crippen molar-refractivity contribution in [1.82, 2.24) is 4.90 Å². The highest BCUT2D eigenvalue weighted by molar-refractivity contribution is 5.76. The van der Waals surface area contributed by atoms with E-state index in [2.05, 4.69) is 11.0 Å². The maximum absolute atomic E-state index is 11.6. The van der Waals surface area contributed by atoms with Gasteiger partial charge < -0.3 is 15.6 Å². The Bertz CT molecular complexity index is 592. The molecule has 3 N–H and O–H groups in total. The summed E-state index contributed by atoms with van der Waals surface area (Å²) in [5, 5.41) is 11.2. The predicted octanol–water partition coefficient (Wildman–Crippen LogP) is 2.24. The number of carbonyl (C=O) groups is 1. The first-order valence-electron chi connectivity index (χ1n) is 9.01. The number of rotatable bonds is 5. The van der Waals surface area contributed by atoms with Crippen molar-refractivity contribution in [3.63, 3.8) is 0 Å². The van der Waals surface area contributed by atoms with Crippen LogP contribution in [-0.4, -0.2) is 41.2 Å². The van der Waals surface area contributed by atoms with Crippen molar-refractivity contribution >= 4 is 5.91 Å². The molecule has 0 aromatic heterocycles. The van der Waals surface area contributed by atoms with Crippen LogP contribution in [0, 0.1) is 5.92 Å². The van der Waals surface area contributed by atoms with Gasteiger partial charge in [-0.3, -0.25) is 9.69 Å². The third kappa shape index (κ3) is 3.28. The molecule has 3 rings (SSSR count). The monoisotopic (exact) mass is 332 g/mol. The number of ether oxygens (including phenoxy) is 1. The Morgan fingerprint density at radius 2 is 2.17 bits per heavy atom. The second-order valence-electron chi connectivity index (χ2n) is 7.06. The normalized spacial score (nSPS) is 30.6. The van der Waals surface area contributed by atoms with Crippen molar-refractivity contribution in [2.75, 3.05) is 19.7 Å². The van der Waals surface area contributed by atoms with Crippen LogP contribution < -0.4 is 10.5 Å². The van der Waals surface area contributed by atoms with Crippen LogP contribution in [0.2, 0.25) is 0 Å². The minimum absolute atomic E-state index is 0.0284. The van der Waals surface area contributed by atoms with Gasteiger partial charge in [0.2, 0.25) is 5.91 Å². The van der Waals surface area contributed by atoms with Crippen molar-refractivity contribution in [3.8, 4) is 5.75 Å². The van der Waals surface area contributed by atoms with Crippen molar-refractivity contribution in [2.45, 2.75) is 50.7 Å². The summed E-state index contributed by atoms with van der Waals surface area (Å²) in [4.78, 5) is 13.7. The number of carbonyl (C=O) groups excluding carboxylic acids is 1. The third-order valence-electron chi connectivity index (χ3n) is 5.57. The van der Waals surface area contributed by atoms with Crippen LogP contribution in [0.25, 0.3) is 0 Å². The molecule has 1 aromatic carbocycles. The highest BCUT2D eigenvalue weighted by Gasteiger charge is 2.49. The lowest BCUT2D eigenvalue weighted by Crippen LogP contribution is -2.56. The van der Waals surface area contributed by atoms with E-state index in [0.29, 0.717) is 19.6 Å². The summed E-state index contributed by atoms with van der Waals surface area (Å²) in [7, 11) is 0. The maximum atomic E-state index is 11.6. The number of piperidine rings is 1. The fraction of sp³-hybridized carbons (Fsp3) is 0.632. The Hall–Kier alpha value is -1.59. The van der Waals surface area contributed by atoms with Gasteiger partial charge in [-0.1, -0.05) is 31.0 Å². The van der Waals surface area contributed by atoms with E-state index in [1.54, 1.807) is 0 Å². The average molecular weight is 332 g/mol. The van der Waals surface area contributed by atoms with Crippen LogP contribution in [0.5, 0.6) is 5.75 Å². The van der Waals surface area contributed by atoms with E-state index in [1.807, 2.05) is 25.1 Å². The molecule has 5 nitrogen and oxygen atoms in total. The molecule has 1 amide bonds. The largest absolute Gasteiger partial charge is 0.494 e. The molecule has 0 bridgehead atoms. The van der Waals surface area contributed by atoms with E-state index in [0.717, 1.165) is 37.0 Å². The van der Waals surface area contributed by atoms with Gasteiger partial charge in [0, 0.05) is 24.1 Å². The molecule has 0 radical (unpaired) electrons. The van der Waals surface area contributed by atoms with Crippen LogP contribution in [0.3, 0.4) is 0 Å². The van der Waals surface area contributed by atoms with Gasteiger partial charge in [0.25, 0.3) is 0 Å². The van der Waals surface area contributed by atoms with Gasteiger partial charge in [-0.2, -0.15) is 0 Å². The smallest absolute Gasteiger partial charge is 0.231 e. The molecular weight excluding hydrogens is 304 g/mol. The van der Waals surface area contributed by atoms with Crippen LogP contribution in [-0.2, 0) is 4.79 Å². The molecule has 2 fully saturated rings. The summed E-state index contributed by atoms with van der Waals surface area (Å²) in [6.07, 6.45) is 4.71. The first-order valence-corrected chi connectivity index (χ1v) is 9.01. The van der Waals surface area contributed by atoms with E-state index in [1.165, 1.54) is 0 Å². The number of hydrogen-bond donors (Lipinski definition) is 2. The van der Waals surface area contributed by atoms with Gasteiger partial charge in [-0.15, -0.1) is 0 Å². The average Bonchev–Trinajstić information content (AvgIpc) is 2.55. The second-order valence-corrected chi connectivity index (χ2v) is 7.06. The molecule has 2 aliphatic rings. The summed E-state index contributed by atoms with van der Waals surface area (Å²) in [6.45, 7) is 3.46. The van der Waals surface area contributed by atoms with Crippen molar-refractivity contribution in [3.05, 3.63) is 29.8 Å². The lowest BCUT2D eigenvalue weighted by molar-refractivity contribution is -0.136. The number of aliphatic hydroxyl groups is 1. The molecule has 24 heavy (non-hydrogen) atoms. The minimum atomic E-state index is -0.642. The fourth-order valence-electron chi connectivity index (χ4n) is 4.55. The fourth-order valence-corrected chi connectivity index (χ4v) is 4.55. The van der Waals surface area contributed by atoms with Crippen molar-refractivity contribution in [2.24, 2.45) is 11.7 Å². The molecule has 1 heterocycles. The molecule has 132 valence electrons. The maximum Gasteiger partial charge on any atom is 0.231 e. The number of nitrogens with zero attached hydrogens (tertiary/aromatic N) is 1. The molecule has 1 aliphatic heterocycles. The minimum Gasteiger partial charge on any atom is -0.494 e. The molecule has 1 saturated heterocycles. The molecule has 1 aliphatic carbocycles. The molecule has 3 atom stereocenters. The first kappa shape index (κ1) is 17.2. The second kappa shape index (κ2) is 7.11. The summed E-state index contributed by atoms with van der Waals surface area (Å²) >= 11 is 0. The molecule has 1 aromatic rings. The van der Waals surface area contributed by atoms with Crippen molar-refractivity contribution in [1.29, 1.82) is 0 Å². The number of hydrogen-bond acceptors (Lipinski definition) is 4. The van der Waals surface area contributed by atoms with Crippen LogP contribution in [0.15, 0.2) is 24.3 Å². The van der Waals surface area contributed by atoms with Crippen LogP contribution in [0.4, 0.5) is 0 Å². The van der Waals surface area contributed by atoms with Gasteiger partial charge in [-0.05, 0) is 32.3 Å². The zero-order valence-electron chi connectivity index (χ0n) is 14.4.